The van der Waals surface area contributed by atoms with E-state index in [1.54, 1.807) is 6.20 Å². The van der Waals surface area contributed by atoms with Gasteiger partial charge in [-0.2, -0.15) is 5.26 Å². The summed E-state index contributed by atoms with van der Waals surface area (Å²) in [6, 6.07) is 13.8. The van der Waals surface area contributed by atoms with Crippen LogP contribution < -0.4 is 4.74 Å². The average Bonchev–Trinajstić information content (AvgIpc) is 3.44. The summed E-state index contributed by atoms with van der Waals surface area (Å²) in [4.78, 5) is 4.29. The van der Waals surface area contributed by atoms with E-state index in [0.29, 0.717) is 37.5 Å². The second kappa shape index (κ2) is 8.25. The van der Waals surface area contributed by atoms with Crippen molar-refractivity contribution in [2.45, 2.75) is 56.3 Å². The van der Waals surface area contributed by atoms with E-state index in [0.717, 1.165) is 48.6 Å². The molecule has 1 aliphatic carbocycles. The molecule has 6 rings (SSSR count). The number of nitrogens with zero attached hydrogens (tertiary/aromatic N) is 5. The summed E-state index contributed by atoms with van der Waals surface area (Å²) in [5.74, 6) is 2.05. The van der Waals surface area contributed by atoms with Crippen LogP contribution >= 0.6 is 0 Å². The molecular formula is C25H25N5O3. The van der Waals surface area contributed by atoms with Crippen LogP contribution in [0.15, 0.2) is 42.6 Å². The van der Waals surface area contributed by atoms with Gasteiger partial charge in [0, 0.05) is 24.6 Å². The van der Waals surface area contributed by atoms with Crippen LogP contribution in [0, 0.1) is 11.3 Å². The fourth-order valence-corrected chi connectivity index (χ4v) is 5.31. The van der Waals surface area contributed by atoms with Crippen molar-refractivity contribution in [3.05, 3.63) is 65.4 Å². The lowest BCUT2D eigenvalue weighted by molar-refractivity contribution is -0.155. The Bertz CT molecular complexity index is 1190. The molecule has 3 aromatic rings. The number of hydrogen-bond acceptors (Lipinski definition) is 7. The van der Waals surface area contributed by atoms with Gasteiger partial charge in [0.05, 0.1) is 37.0 Å². The fraction of sp³-hybridized carbons (Fsp3) is 0.440. The van der Waals surface area contributed by atoms with E-state index in [-0.39, 0.29) is 12.0 Å². The van der Waals surface area contributed by atoms with Crippen molar-refractivity contribution in [2.24, 2.45) is 0 Å². The summed E-state index contributed by atoms with van der Waals surface area (Å²) in [5, 5.41) is 18.7. The quantitative estimate of drug-likeness (QED) is 0.612. The van der Waals surface area contributed by atoms with Gasteiger partial charge in [-0.25, -0.2) is 4.98 Å². The number of pyridine rings is 1. The van der Waals surface area contributed by atoms with Crippen LogP contribution in [0.3, 0.4) is 0 Å². The molecule has 0 unspecified atom stereocenters. The lowest BCUT2D eigenvalue weighted by atomic mass is 9.86. The molecule has 2 aliphatic heterocycles. The first-order chi connectivity index (χ1) is 16.2. The molecular weight excluding hydrogens is 418 g/mol. The van der Waals surface area contributed by atoms with Crippen LogP contribution in [0.25, 0.3) is 5.69 Å². The number of rotatable bonds is 3. The van der Waals surface area contributed by atoms with Gasteiger partial charge < -0.3 is 14.2 Å². The van der Waals surface area contributed by atoms with E-state index in [1.807, 2.05) is 36.4 Å². The van der Waals surface area contributed by atoms with E-state index >= 15 is 0 Å². The maximum absolute atomic E-state index is 9.45. The predicted molar refractivity (Wildman–Crippen MR) is 118 cm³/mol. The zero-order chi connectivity index (χ0) is 22.3. The van der Waals surface area contributed by atoms with Crippen LogP contribution in [0.5, 0.6) is 5.88 Å². The normalized spacial score (nSPS) is 23.4. The monoisotopic (exact) mass is 443 g/mol. The smallest absolute Gasteiger partial charge is 0.213 e. The first kappa shape index (κ1) is 20.3. The van der Waals surface area contributed by atoms with Crippen molar-refractivity contribution in [1.29, 1.82) is 5.26 Å². The summed E-state index contributed by atoms with van der Waals surface area (Å²) in [6.07, 6.45) is 6.88. The maximum atomic E-state index is 9.45. The highest BCUT2D eigenvalue weighted by atomic mass is 16.7. The van der Waals surface area contributed by atoms with Gasteiger partial charge in [-0.3, -0.25) is 4.57 Å². The van der Waals surface area contributed by atoms with E-state index in [4.69, 9.17) is 14.2 Å². The highest BCUT2D eigenvalue weighted by molar-refractivity contribution is 5.50. The van der Waals surface area contributed by atoms with Gasteiger partial charge in [-0.15, -0.1) is 10.2 Å². The first-order valence-electron chi connectivity index (χ1n) is 11.6. The van der Waals surface area contributed by atoms with Crippen molar-refractivity contribution in [2.75, 3.05) is 13.2 Å². The van der Waals surface area contributed by atoms with Crippen molar-refractivity contribution >= 4 is 0 Å². The molecule has 168 valence electrons. The molecule has 0 N–H and O–H groups in total. The molecule has 0 radical (unpaired) electrons. The van der Waals surface area contributed by atoms with Gasteiger partial charge in [-0.1, -0.05) is 6.07 Å². The Morgan fingerprint density at radius 2 is 1.88 bits per heavy atom. The van der Waals surface area contributed by atoms with E-state index < -0.39 is 5.79 Å². The van der Waals surface area contributed by atoms with Crippen LogP contribution in [0.4, 0.5) is 0 Å². The lowest BCUT2D eigenvalue weighted by Crippen LogP contribution is -2.35. The lowest BCUT2D eigenvalue weighted by Gasteiger charge is -2.28. The van der Waals surface area contributed by atoms with Crippen LogP contribution in [-0.4, -0.2) is 44.9 Å². The SMILES string of the molecule is N#Cc1ccc2c(c1)CC1(Cc3nnc(C4CCC(Oc5ccccn5)CC4)n3-2)OCCO1. The largest absolute Gasteiger partial charge is 0.474 e. The molecule has 33 heavy (non-hydrogen) atoms. The van der Waals surface area contributed by atoms with Crippen LogP contribution in [0.2, 0.25) is 0 Å². The minimum Gasteiger partial charge on any atom is -0.474 e. The van der Waals surface area contributed by atoms with Gasteiger partial charge in [0.25, 0.3) is 0 Å². The third-order valence-corrected chi connectivity index (χ3v) is 6.87. The molecule has 1 saturated carbocycles. The van der Waals surface area contributed by atoms with Gasteiger partial charge in [0.15, 0.2) is 5.79 Å². The number of ether oxygens (including phenoxy) is 3. The van der Waals surface area contributed by atoms with Crippen molar-refractivity contribution in [1.82, 2.24) is 19.7 Å². The van der Waals surface area contributed by atoms with Gasteiger partial charge in [-0.05, 0) is 55.5 Å². The highest BCUT2D eigenvalue weighted by Crippen LogP contribution is 2.39. The second-order valence-electron chi connectivity index (χ2n) is 8.99. The molecule has 0 amide bonds. The fourth-order valence-electron chi connectivity index (χ4n) is 5.31. The summed E-state index contributed by atoms with van der Waals surface area (Å²) in [6.45, 7) is 1.13. The molecule has 1 aromatic carbocycles. The minimum atomic E-state index is -0.741. The van der Waals surface area contributed by atoms with E-state index in [2.05, 4.69) is 25.8 Å². The summed E-state index contributed by atoms with van der Waals surface area (Å²) in [7, 11) is 0. The molecule has 1 spiro atoms. The molecule has 0 bridgehead atoms. The van der Waals surface area contributed by atoms with Gasteiger partial charge in [0.1, 0.15) is 17.8 Å². The number of benzene rings is 1. The molecule has 2 fully saturated rings. The Balaban J connectivity index is 1.30. The molecule has 3 aliphatic rings. The minimum absolute atomic E-state index is 0.164. The summed E-state index contributed by atoms with van der Waals surface area (Å²) < 4.78 is 20.4. The number of hydrogen-bond donors (Lipinski definition) is 0. The third kappa shape index (κ3) is 3.77. The third-order valence-electron chi connectivity index (χ3n) is 6.87. The number of nitriles is 1. The molecule has 1 saturated heterocycles. The van der Waals surface area contributed by atoms with Gasteiger partial charge >= 0.3 is 0 Å². The Hall–Kier alpha value is -3.28. The van der Waals surface area contributed by atoms with Gasteiger partial charge in [0.2, 0.25) is 5.88 Å². The van der Waals surface area contributed by atoms with Crippen molar-refractivity contribution in [3.63, 3.8) is 0 Å². The number of aromatic nitrogens is 4. The van der Waals surface area contributed by atoms with Crippen LogP contribution in [-0.2, 0) is 22.3 Å². The molecule has 4 heterocycles. The molecule has 2 aromatic heterocycles. The van der Waals surface area contributed by atoms with Crippen LogP contribution in [0.1, 0.15) is 54.4 Å². The van der Waals surface area contributed by atoms with Crippen molar-refractivity contribution < 1.29 is 14.2 Å². The Morgan fingerprint density at radius 1 is 1.03 bits per heavy atom. The zero-order valence-electron chi connectivity index (χ0n) is 18.3. The Kier molecular flexibility index (Phi) is 5.08. The first-order valence-corrected chi connectivity index (χ1v) is 11.6. The zero-order valence-corrected chi connectivity index (χ0v) is 18.3. The summed E-state index contributed by atoms with van der Waals surface area (Å²) in [5.41, 5.74) is 2.68. The maximum Gasteiger partial charge on any atom is 0.213 e. The van der Waals surface area contributed by atoms with E-state index in [9.17, 15) is 5.26 Å². The number of fused-ring (bicyclic) bond motifs is 3. The molecule has 0 atom stereocenters. The standard InChI is InChI=1S/C25H25N5O3/c26-16-17-4-9-21-19(13-17)14-25(31-11-12-32-25)15-22-28-29-24(30(21)22)18-5-7-20(8-6-18)33-23-3-1-2-10-27-23/h1-4,9-10,13,18,20H,5-8,11-12,14-15H2. The van der Waals surface area contributed by atoms with Crippen molar-refractivity contribution in [3.8, 4) is 17.6 Å². The second-order valence-corrected chi connectivity index (χ2v) is 8.99. The molecule has 8 heteroatoms. The molecule has 8 nitrogen and oxygen atoms in total. The topological polar surface area (TPSA) is 95.1 Å². The Morgan fingerprint density at radius 3 is 2.64 bits per heavy atom. The summed E-state index contributed by atoms with van der Waals surface area (Å²) >= 11 is 0. The Labute approximate surface area is 192 Å². The van der Waals surface area contributed by atoms with E-state index in [1.165, 1.54) is 0 Å². The average molecular weight is 444 g/mol. The predicted octanol–water partition coefficient (Wildman–Crippen LogP) is 3.48. The highest BCUT2D eigenvalue weighted by Gasteiger charge is 2.42.